The maximum atomic E-state index is 11.9. The van der Waals surface area contributed by atoms with Crippen molar-refractivity contribution in [3.8, 4) is 0 Å². The Morgan fingerprint density at radius 1 is 1.47 bits per heavy atom. The van der Waals surface area contributed by atoms with E-state index in [0.717, 1.165) is 35.0 Å². The molecule has 94 valence electrons. The van der Waals surface area contributed by atoms with Gasteiger partial charge >= 0.3 is 0 Å². The lowest BCUT2D eigenvalue weighted by atomic mass is 9.86. The van der Waals surface area contributed by atoms with Crippen molar-refractivity contribution < 1.29 is 9.90 Å². The third-order valence-corrected chi connectivity index (χ3v) is 4.92. The minimum atomic E-state index is 0.0214. The van der Waals surface area contributed by atoms with Gasteiger partial charge in [0.15, 0.2) is 0 Å². The van der Waals surface area contributed by atoms with E-state index in [1.165, 1.54) is 11.3 Å². The molecule has 1 aromatic heterocycles. The molecule has 3 nitrogen and oxygen atoms in total. The number of nitrogens with one attached hydrogen (secondary N) is 1. The molecule has 0 saturated heterocycles. The van der Waals surface area contributed by atoms with Gasteiger partial charge in [0.2, 0.25) is 0 Å². The molecule has 1 fully saturated rings. The van der Waals surface area contributed by atoms with Crippen molar-refractivity contribution in [1.29, 1.82) is 0 Å². The van der Waals surface area contributed by atoms with Crippen molar-refractivity contribution in [3.05, 3.63) is 20.8 Å². The van der Waals surface area contributed by atoms with Crippen LogP contribution in [-0.2, 0) is 0 Å². The summed E-state index contributed by atoms with van der Waals surface area (Å²) in [6, 6.07) is 2.12. The summed E-state index contributed by atoms with van der Waals surface area (Å²) in [5, 5.41) is 14.0. The van der Waals surface area contributed by atoms with Crippen LogP contribution in [0.25, 0.3) is 0 Å². The first-order chi connectivity index (χ1) is 8.19. The maximum Gasteiger partial charge on any atom is 0.261 e. The second kappa shape index (κ2) is 5.98. The number of hydrogen-bond donors (Lipinski definition) is 2. The normalized spacial score (nSPS) is 24.6. The van der Waals surface area contributed by atoms with Crippen LogP contribution in [0.1, 0.15) is 35.4 Å². The van der Waals surface area contributed by atoms with Crippen LogP contribution in [0.15, 0.2) is 15.9 Å². The predicted octanol–water partition coefficient (Wildman–Crippen LogP) is 2.79. The van der Waals surface area contributed by atoms with Crippen LogP contribution >= 0.6 is 27.3 Å². The van der Waals surface area contributed by atoms with Crippen molar-refractivity contribution in [1.82, 2.24) is 5.32 Å². The highest BCUT2D eigenvalue weighted by atomic mass is 79.9. The molecule has 0 spiro atoms. The smallest absolute Gasteiger partial charge is 0.261 e. The molecule has 2 rings (SSSR count). The minimum absolute atomic E-state index is 0.0214. The Kier molecular flexibility index (Phi) is 4.59. The summed E-state index contributed by atoms with van der Waals surface area (Å²) in [5.74, 6) is 0.451. The molecule has 17 heavy (non-hydrogen) atoms. The molecule has 1 aromatic rings. The average Bonchev–Trinajstić information content (AvgIpc) is 2.77. The van der Waals surface area contributed by atoms with Crippen molar-refractivity contribution in [2.24, 2.45) is 5.92 Å². The zero-order valence-electron chi connectivity index (χ0n) is 9.49. The first kappa shape index (κ1) is 13.1. The topological polar surface area (TPSA) is 49.3 Å². The number of carbonyl (C=O) groups excluding carboxylic acids is 1. The highest BCUT2D eigenvalue weighted by Crippen LogP contribution is 2.25. The van der Waals surface area contributed by atoms with Crippen molar-refractivity contribution >= 4 is 33.2 Å². The van der Waals surface area contributed by atoms with Crippen molar-refractivity contribution in [2.45, 2.75) is 31.7 Å². The highest BCUT2D eigenvalue weighted by molar-refractivity contribution is 9.10. The van der Waals surface area contributed by atoms with Crippen LogP contribution in [0.4, 0.5) is 0 Å². The van der Waals surface area contributed by atoms with Gasteiger partial charge in [0.1, 0.15) is 0 Å². The van der Waals surface area contributed by atoms with Gasteiger partial charge in [0, 0.05) is 22.5 Å². The molecule has 0 aliphatic heterocycles. The summed E-state index contributed by atoms with van der Waals surface area (Å²) in [6.45, 7) is 0.276. The monoisotopic (exact) mass is 317 g/mol. The van der Waals surface area contributed by atoms with Crippen LogP contribution in [-0.4, -0.2) is 23.7 Å². The molecule has 5 heteroatoms. The summed E-state index contributed by atoms with van der Waals surface area (Å²) >= 11 is 4.80. The minimum Gasteiger partial charge on any atom is -0.396 e. The third kappa shape index (κ3) is 3.53. The van der Waals surface area contributed by atoms with E-state index < -0.39 is 0 Å². The molecular formula is C12H16BrNO2S. The molecule has 1 saturated carbocycles. The maximum absolute atomic E-state index is 11.9. The number of carbonyl (C=O) groups is 1. The van der Waals surface area contributed by atoms with E-state index in [4.69, 9.17) is 5.11 Å². The Hall–Kier alpha value is -0.390. The summed E-state index contributed by atoms with van der Waals surface area (Å²) in [4.78, 5) is 12.7. The van der Waals surface area contributed by atoms with Gasteiger partial charge in [0.25, 0.3) is 5.91 Å². The van der Waals surface area contributed by atoms with Gasteiger partial charge < -0.3 is 10.4 Å². The van der Waals surface area contributed by atoms with Crippen LogP contribution < -0.4 is 5.32 Å². The van der Waals surface area contributed by atoms with E-state index in [1.54, 1.807) is 0 Å². The number of hydrogen-bond acceptors (Lipinski definition) is 3. The molecule has 1 heterocycles. The second-order valence-electron chi connectivity index (χ2n) is 4.50. The first-order valence-corrected chi connectivity index (χ1v) is 7.52. The molecule has 1 aliphatic rings. The van der Waals surface area contributed by atoms with Gasteiger partial charge in [-0.05, 0) is 53.6 Å². The van der Waals surface area contributed by atoms with Gasteiger partial charge in [-0.1, -0.05) is 0 Å². The third-order valence-electron chi connectivity index (χ3n) is 3.23. The molecule has 0 atom stereocenters. The van der Waals surface area contributed by atoms with Crippen molar-refractivity contribution in [2.75, 3.05) is 6.61 Å². The Balaban J connectivity index is 1.84. The van der Waals surface area contributed by atoms with E-state index >= 15 is 0 Å². The van der Waals surface area contributed by atoms with E-state index in [1.807, 2.05) is 11.4 Å². The van der Waals surface area contributed by atoms with Gasteiger partial charge in [-0.2, -0.15) is 0 Å². The van der Waals surface area contributed by atoms with E-state index in [2.05, 4.69) is 21.2 Å². The fraction of sp³-hybridized carbons (Fsp3) is 0.583. The molecular weight excluding hydrogens is 302 g/mol. The zero-order valence-corrected chi connectivity index (χ0v) is 11.9. The SMILES string of the molecule is O=C(NC1CCC(CO)CC1)c1cc(Br)cs1. The number of aliphatic hydroxyl groups excluding tert-OH is 1. The van der Waals surface area contributed by atoms with Crippen molar-refractivity contribution in [3.63, 3.8) is 0 Å². The van der Waals surface area contributed by atoms with Crippen LogP contribution in [0, 0.1) is 5.92 Å². The molecule has 2 N–H and O–H groups in total. The van der Waals surface area contributed by atoms with Gasteiger partial charge in [-0.3, -0.25) is 4.79 Å². The lowest BCUT2D eigenvalue weighted by Crippen LogP contribution is -2.37. The fourth-order valence-electron chi connectivity index (χ4n) is 2.18. The predicted molar refractivity (Wildman–Crippen MR) is 72.3 cm³/mol. The quantitative estimate of drug-likeness (QED) is 0.900. The zero-order chi connectivity index (χ0) is 12.3. The van der Waals surface area contributed by atoms with Gasteiger partial charge in [-0.15, -0.1) is 11.3 Å². The number of rotatable bonds is 3. The van der Waals surface area contributed by atoms with Crippen LogP contribution in [0.2, 0.25) is 0 Å². The van der Waals surface area contributed by atoms with Gasteiger partial charge in [-0.25, -0.2) is 0 Å². The lowest BCUT2D eigenvalue weighted by Gasteiger charge is -2.27. The molecule has 0 radical (unpaired) electrons. The second-order valence-corrected chi connectivity index (χ2v) is 6.33. The average molecular weight is 318 g/mol. The molecule has 1 amide bonds. The molecule has 0 bridgehead atoms. The molecule has 0 unspecified atom stereocenters. The van der Waals surface area contributed by atoms with E-state index in [9.17, 15) is 4.79 Å². The van der Waals surface area contributed by atoms with Gasteiger partial charge in [0.05, 0.1) is 4.88 Å². The summed E-state index contributed by atoms with van der Waals surface area (Å²) in [6.07, 6.45) is 3.97. The lowest BCUT2D eigenvalue weighted by molar-refractivity contribution is 0.0918. The Morgan fingerprint density at radius 2 is 2.18 bits per heavy atom. The number of aliphatic hydroxyl groups is 1. The van der Waals surface area contributed by atoms with Crippen LogP contribution in [0.3, 0.4) is 0 Å². The Morgan fingerprint density at radius 3 is 2.71 bits per heavy atom. The summed E-state index contributed by atoms with van der Waals surface area (Å²) in [5.41, 5.74) is 0. The summed E-state index contributed by atoms with van der Waals surface area (Å²) in [7, 11) is 0. The first-order valence-electron chi connectivity index (χ1n) is 5.85. The van der Waals surface area contributed by atoms with E-state index in [0.29, 0.717) is 5.92 Å². The Labute approximate surface area is 113 Å². The largest absolute Gasteiger partial charge is 0.396 e. The number of halogens is 1. The standard InChI is InChI=1S/C12H16BrNO2S/c13-9-5-11(17-7-9)12(16)14-10-3-1-8(6-15)2-4-10/h5,7-8,10,15H,1-4,6H2,(H,14,16). The number of amides is 1. The summed E-state index contributed by atoms with van der Waals surface area (Å²) < 4.78 is 0.955. The molecule has 1 aliphatic carbocycles. The number of thiophene rings is 1. The molecule has 0 aromatic carbocycles. The van der Waals surface area contributed by atoms with Crippen LogP contribution in [0.5, 0.6) is 0 Å². The Bertz CT molecular complexity index is 386. The fourth-order valence-corrected chi connectivity index (χ4v) is 3.51. The highest BCUT2D eigenvalue weighted by Gasteiger charge is 2.22. The van der Waals surface area contributed by atoms with E-state index in [-0.39, 0.29) is 18.6 Å².